The number of hydrogen-bond donors (Lipinski definition) is 0. The van der Waals surface area contributed by atoms with Gasteiger partial charge in [-0.2, -0.15) is 0 Å². The second-order valence-electron chi connectivity index (χ2n) is 5.90. The lowest BCUT2D eigenvalue weighted by Gasteiger charge is -2.14. The summed E-state index contributed by atoms with van der Waals surface area (Å²) in [5, 5.41) is 7.15. The molecule has 2 nitrogen and oxygen atoms in total. The maximum absolute atomic E-state index is 12.8. The van der Waals surface area contributed by atoms with Crippen LogP contribution in [0.3, 0.4) is 0 Å². The Bertz CT molecular complexity index is 1400. The first-order valence-corrected chi connectivity index (χ1v) is 9.02. The summed E-state index contributed by atoms with van der Waals surface area (Å²) in [6.45, 7) is 0. The van der Waals surface area contributed by atoms with Gasteiger partial charge in [-0.15, -0.1) is 0 Å². The van der Waals surface area contributed by atoms with Gasteiger partial charge in [-0.05, 0) is 48.9 Å². The van der Waals surface area contributed by atoms with Gasteiger partial charge in [0.05, 0.1) is 4.47 Å². The van der Waals surface area contributed by atoms with E-state index in [0.29, 0.717) is 9.86 Å². The van der Waals surface area contributed by atoms with Crippen LogP contribution in [-0.2, 0) is 0 Å². The fourth-order valence-electron chi connectivity index (χ4n) is 3.75. The summed E-state index contributed by atoms with van der Waals surface area (Å²) in [7, 11) is 0. The quantitative estimate of drug-likeness (QED) is 0.183. The van der Waals surface area contributed by atoms with Gasteiger partial charge in [0, 0.05) is 20.6 Å². The lowest BCUT2D eigenvalue weighted by atomic mass is 9.89. The normalized spacial score (nSPS) is 12.1. The van der Waals surface area contributed by atoms with Crippen molar-refractivity contribution in [1.29, 1.82) is 0 Å². The van der Waals surface area contributed by atoms with Crippen molar-refractivity contribution in [3.63, 3.8) is 0 Å². The highest BCUT2D eigenvalue weighted by molar-refractivity contribution is 9.11. The van der Waals surface area contributed by atoms with Gasteiger partial charge < -0.3 is 0 Å². The van der Waals surface area contributed by atoms with Crippen molar-refractivity contribution < 1.29 is 0 Å². The summed E-state index contributed by atoms with van der Waals surface area (Å²) in [4.78, 5) is 25.3. The fraction of sp³-hybridized carbons (Fsp3) is 0. The molecule has 0 aliphatic carbocycles. The molecule has 5 rings (SSSR count). The van der Waals surface area contributed by atoms with Gasteiger partial charge >= 0.3 is 0 Å². The molecular weight excluding hydrogens is 432 g/mol. The predicted molar refractivity (Wildman–Crippen MR) is 107 cm³/mol. The van der Waals surface area contributed by atoms with Gasteiger partial charge in [-0.25, -0.2) is 0 Å². The molecule has 24 heavy (non-hydrogen) atoms. The van der Waals surface area contributed by atoms with E-state index in [0.717, 1.165) is 42.2 Å². The Balaban J connectivity index is 2.37. The summed E-state index contributed by atoms with van der Waals surface area (Å²) >= 11 is 6.87. The number of hydrogen-bond acceptors (Lipinski definition) is 2. The predicted octanol–water partition coefficient (Wildman–Crippen LogP) is 5.42. The second-order valence-corrected chi connectivity index (χ2v) is 7.55. The molecule has 0 aliphatic heterocycles. The zero-order valence-corrected chi connectivity index (χ0v) is 15.4. The van der Waals surface area contributed by atoms with Gasteiger partial charge in [0.2, 0.25) is 10.9 Å². The van der Waals surface area contributed by atoms with Crippen molar-refractivity contribution in [3.05, 3.63) is 77.9 Å². The van der Waals surface area contributed by atoms with Crippen molar-refractivity contribution in [3.8, 4) is 0 Å². The number of halogens is 2. The van der Waals surface area contributed by atoms with E-state index in [1.807, 2.05) is 42.5 Å². The molecule has 114 valence electrons. The third kappa shape index (κ3) is 1.60. The minimum atomic E-state index is -0.494. The Labute approximate surface area is 152 Å². The lowest BCUT2D eigenvalue weighted by molar-refractivity contribution is 1.52. The van der Waals surface area contributed by atoms with Crippen molar-refractivity contribution in [1.82, 2.24) is 0 Å². The SMILES string of the molecule is O=c1c(Br)c2c(Br)ccc3c4cccc5cccc(c(c1=O)c23)c54. The molecule has 4 heteroatoms. The summed E-state index contributed by atoms with van der Waals surface area (Å²) in [5.74, 6) is 0. The molecule has 0 fully saturated rings. The van der Waals surface area contributed by atoms with E-state index < -0.39 is 10.9 Å². The summed E-state index contributed by atoms with van der Waals surface area (Å²) < 4.78 is 1.13. The van der Waals surface area contributed by atoms with Crippen LogP contribution in [-0.4, -0.2) is 0 Å². The van der Waals surface area contributed by atoms with Crippen LogP contribution in [0.4, 0.5) is 0 Å². The van der Waals surface area contributed by atoms with E-state index in [9.17, 15) is 9.59 Å². The molecule has 0 aliphatic rings. The lowest BCUT2D eigenvalue weighted by Crippen LogP contribution is -2.25. The smallest absolute Gasteiger partial charge is 0.241 e. The molecule has 0 heterocycles. The van der Waals surface area contributed by atoms with Crippen LogP contribution in [0, 0.1) is 0 Å². The Hall–Kier alpha value is -2.04. The Morgan fingerprint density at radius 2 is 1.25 bits per heavy atom. The molecule has 0 amide bonds. The van der Waals surface area contributed by atoms with Gasteiger partial charge in [-0.1, -0.05) is 58.4 Å². The number of fused-ring (bicyclic) bond motifs is 2. The Kier molecular flexibility index (Phi) is 2.83. The highest BCUT2D eigenvalue weighted by Gasteiger charge is 2.20. The monoisotopic (exact) mass is 438 g/mol. The second kappa shape index (κ2) is 4.74. The minimum Gasteiger partial charge on any atom is -0.285 e. The first-order chi connectivity index (χ1) is 11.6. The molecule has 0 spiro atoms. The average molecular weight is 440 g/mol. The number of benzene rings is 5. The summed E-state index contributed by atoms with van der Waals surface area (Å²) in [5.41, 5.74) is -0.942. The summed E-state index contributed by atoms with van der Waals surface area (Å²) in [6.07, 6.45) is 0. The van der Waals surface area contributed by atoms with Crippen molar-refractivity contribution >= 4 is 74.9 Å². The average Bonchev–Trinajstić information content (AvgIpc) is 2.59. The molecule has 0 radical (unpaired) electrons. The van der Waals surface area contributed by atoms with Gasteiger partial charge in [-0.3, -0.25) is 9.59 Å². The van der Waals surface area contributed by atoms with Crippen LogP contribution in [0.15, 0.2) is 67.1 Å². The van der Waals surface area contributed by atoms with Crippen LogP contribution in [0.25, 0.3) is 43.1 Å². The first-order valence-electron chi connectivity index (χ1n) is 7.43. The maximum atomic E-state index is 12.8. The third-order valence-electron chi connectivity index (χ3n) is 4.72. The molecule has 0 saturated heterocycles. The first kappa shape index (κ1) is 14.3. The zero-order chi connectivity index (χ0) is 16.6. The molecule has 0 aromatic heterocycles. The van der Waals surface area contributed by atoms with Crippen LogP contribution in [0.2, 0.25) is 0 Å². The van der Waals surface area contributed by atoms with Crippen LogP contribution >= 0.6 is 31.9 Å². The van der Waals surface area contributed by atoms with E-state index in [1.165, 1.54) is 0 Å². The molecule has 0 bridgehead atoms. The van der Waals surface area contributed by atoms with E-state index >= 15 is 0 Å². The highest BCUT2D eigenvalue weighted by atomic mass is 79.9. The zero-order valence-electron chi connectivity index (χ0n) is 12.2. The topological polar surface area (TPSA) is 34.1 Å². The van der Waals surface area contributed by atoms with Gasteiger partial charge in [0.25, 0.3) is 0 Å². The fourth-order valence-corrected chi connectivity index (χ4v) is 5.13. The minimum absolute atomic E-state index is 0.325. The third-order valence-corrected chi connectivity index (χ3v) is 6.14. The van der Waals surface area contributed by atoms with Gasteiger partial charge in [0.15, 0.2) is 0 Å². The molecule has 5 aromatic carbocycles. The molecule has 0 saturated carbocycles. The van der Waals surface area contributed by atoms with Crippen LogP contribution in [0.1, 0.15) is 0 Å². The van der Waals surface area contributed by atoms with E-state index in [2.05, 4.69) is 37.9 Å². The molecular formula is C20H8Br2O2. The number of rotatable bonds is 0. The van der Waals surface area contributed by atoms with Crippen LogP contribution in [0.5, 0.6) is 0 Å². The van der Waals surface area contributed by atoms with E-state index in [1.54, 1.807) is 0 Å². The Morgan fingerprint density at radius 3 is 2.00 bits per heavy atom. The van der Waals surface area contributed by atoms with Gasteiger partial charge in [0.1, 0.15) is 0 Å². The van der Waals surface area contributed by atoms with Crippen molar-refractivity contribution in [2.45, 2.75) is 0 Å². The van der Waals surface area contributed by atoms with Crippen molar-refractivity contribution in [2.75, 3.05) is 0 Å². The molecule has 5 aromatic rings. The Morgan fingerprint density at radius 1 is 0.583 bits per heavy atom. The van der Waals surface area contributed by atoms with Crippen molar-refractivity contribution in [2.24, 2.45) is 0 Å². The molecule has 0 N–H and O–H groups in total. The molecule has 0 atom stereocenters. The van der Waals surface area contributed by atoms with E-state index in [4.69, 9.17) is 0 Å². The largest absolute Gasteiger partial charge is 0.285 e. The highest BCUT2D eigenvalue weighted by Crippen LogP contribution is 2.41. The molecule has 0 unspecified atom stereocenters. The summed E-state index contributed by atoms with van der Waals surface area (Å²) in [6, 6.07) is 16.0. The van der Waals surface area contributed by atoms with E-state index in [-0.39, 0.29) is 0 Å². The standard InChI is InChI=1S/C20H8Br2O2/c21-13-8-7-11-10-5-1-3-9-4-2-6-12(14(9)10)16-15(11)17(13)18(22)20(24)19(16)23/h1-8H. The maximum Gasteiger partial charge on any atom is 0.241 e. The van der Waals surface area contributed by atoms with Crippen LogP contribution < -0.4 is 10.9 Å².